The van der Waals surface area contributed by atoms with Gasteiger partial charge < -0.3 is 29.5 Å². The number of benzene rings is 1. The lowest BCUT2D eigenvalue weighted by atomic mass is 9.88. The van der Waals surface area contributed by atoms with Crippen LogP contribution in [0.2, 0.25) is 0 Å². The number of fused-ring (bicyclic) bond motifs is 3. The van der Waals surface area contributed by atoms with E-state index in [0.29, 0.717) is 43.1 Å². The van der Waals surface area contributed by atoms with Gasteiger partial charge in [0.25, 0.3) is 5.56 Å². The van der Waals surface area contributed by atoms with Crippen molar-refractivity contribution in [3.63, 3.8) is 0 Å². The van der Waals surface area contributed by atoms with Gasteiger partial charge >= 0.3 is 6.03 Å². The normalized spacial score (nSPS) is 25.1. The van der Waals surface area contributed by atoms with Crippen molar-refractivity contribution in [3.05, 3.63) is 58.3 Å². The summed E-state index contributed by atoms with van der Waals surface area (Å²) in [5.74, 6) is -1.43. The number of aliphatic hydroxyl groups is 1. The number of pyridine rings is 1. The second kappa shape index (κ2) is 9.67. The van der Waals surface area contributed by atoms with Gasteiger partial charge in [0.05, 0.1) is 19.3 Å². The van der Waals surface area contributed by atoms with Crippen molar-refractivity contribution in [2.75, 3.05) is 32.9 Å². The number of urea groups is 1. The van der Waals surface area contributed by atoms with E-state index < -0.39 is 24.0 Å². The minimum absolute atomic E-state index is 0.160. The van der Waals surface area contributed by atoms with Crippen molar-refractivity contribution < 1.29 is 23.8 Å². The van der Waals surface area contributed by atoms with Crippen LogP contribution in [0.4, 0.5) is 9.18 Å². The molecule has 1 aromatic heterocycles. The Morgan fingerprint density at radius 1 is 1.14 bits per heavy atom. The van der Waals surface area contributed by atoms with Gasteiger partial charge in [-0.25, -0.2) is 9.18 Å². The van der Waals surface area contributed by atoms with Gasteiger partial charge in [0.2, 0.25) is 5.91 Å². The van der Waals surface area contributed by atoms with Gasteiger partial charge in [-0.3, -0.25) is 9.59 Å². The summed E-state index contributed by atoms with van der Waals surface area (Å²) >= 11 is 0. The third-order valence-corrected chi connectivity index (χ3v) is 7.45. The molecule has 9 nitrogen and oxygen atoms in total. The first-order valence-electron chi connectivity index (χ1n) is 12.4. The average Bonchev–Trinajstić information content (AvgIpc) is 3.39. The van der Waals surface area contributed by atoms with Crippen molar-refractivity contribution in [1.82, 2.24) is 19.7 Å². The zero-order valence-corrected chi connectivity index (χ0v) is 20.4. The summed E-state index contributed by atoms with van der Waals surface area (Å²) in [5, 5.41) is 13.3. The van der Waals surface area contributed by atoms with Crippen molar-refractivity contribution in [1.29, 1.82) is 0 Å². The first-order valence-corrected chi connectivity index (χ1v) is 12.4. The molecule has 0 spiro atoms. The lowest BCUT2D eigenvalue weighted by Crippen LogP contribution is -2.56. The number of nitrogens with zero attached hydrogens (tertiary/aromatic N) is 3. The number of likely N-dealkylation sites (tertiary alicyclic amines) is 1. The molecule has 2 N–H and O–H groups in total. The van der Waals surface area contributed by atoms with Gasteiger partial charge in [0.1, 0.15) is 11.9 Å². The van der Waals surface area contributed by atoms with E-state index in [1.165, 1.54) is 12.1 Å². The molecule has 2 saturated heterocycles. The minimum Gasteiger partial charge on any atom is -0.396 e. The van der Waals surface area contributed by atoms with Crippen LogP contribution >= 0.6 is 0 Å². The number of carbonyl (C=O) groups is 2. The number of amides is 3. The van der Waals surface area contributed by atoms with Gasteiger partial charge in [-0.15, -0.1) is 0 Å². The monoisotopic (exact) mass is 498 g/mol. The van der Waals surface area contributed by atoms with Crippen LogP contribution in [-0.4, -0.2) is 76.4 Å². The molecule has 0 aliphatic carbocycles. The van der Waals surface area contributed by atoms with Crippen LogP contribution in [0, 0.1) is 17.7 Å². The fraction of sp³-hybridized carbons (Fsp3) is 0.500. The topological polar surface area (TPSA) is 104 Å². The Balaban J connectivity index is 1.56. The van der Waals surface area contributed by atoms with Crippen LogP contribution in [0.3, 0.4) is 0 Å². The number of nitrogens with one attached hydrogen (secondary N) is 1. The second-order valence-electron chi connectivity index (χ2n) is 9.94. The highest BCUT2D eigenvalue weighted by Gasteiger charge is 2.58. The number of ether oxygens (including phenoxy) is 1. The molecular weight excluding hydrogens is 467 g/mol. The number of rotatable bonds is 4. The highest BCUT2D eigenvalue weighted by Crippen LogP contribution is 2.49. The van der Waals surface area contributed by atoms with E-state index >= 15 is 0 Å². The molecule has 0 unspecified atom stereocenters. The Bertz CT molecular complexity index is 1210. The molecule has 5 rings (SSSR count). The molecule has 4 heterocycles. The van der Waals surface area contributed by atoms with Crippen LogP contribution < -0.4 is 10.9 Å². The van der Waals surface area contributed by atoms with E-state index in [1.807, 2.05) is 13.8 Å². The van der Waals surface area contributed by atoms with Crippen molar-refractivity contribution in [3.8, 4) is 11.1 Å². The first-order chi connectivity index (χ1) is 17.3. The maximum Gasteiger partial charge on any atom is 0.318 e. The predicted molar refractivity (Wildman–Crippen MR) is 130 cm³/mol. The van der Waals surface area contributed by atoms with Gasteiger partial charge in [0.15, 0.2) is 0 Å². The standard InChI is InChI=1S/C26H31FN4O5/c1-15(2)28-26(35)31-22-19(20(14-32)23(31)25(34)29-9-11-36-12-10-29)13-30-21(22)8-7-18(24(30)33)16-3-5-17(27)6-4-16/h3-8,15,19-20,22-23,32H,9-14H2,1-2H3,(H,28,35)/t19-,20-,22+,23-/m0/s1. The zero-order valence-electron chi connectivity index (χ0n) is 20.4. The molecule has 3 aliphatic heterocycles. The highest BCUT2D eigenvalue weighted by molar-refractivity contribution is 5.89. The van der Waals surface area contributed by atoms with Gasteiger partial charge in [0, 0.05) is 55.4 Å². The molecule has 0 radical (unpaired) electrons. The van der Waals surface area contributed by atoms with Crippen molar-refractivity contribution >= 4 is 11.9 Å². The lowest BCUT2D eigenvalue weighted by Gasteiger charge is -2.36. The van der Waals surface area contributed by atoms with E-state index in [0.717, 1.165) is 0 Å². The van der Waals surface area contributed by atoms with Crippen molar-refractivity contribution in [2.45, 2.75) is 38.5 Å². The lowest BCUT2D eigenvalue weighted by molar-refractivity contribution is -0.141. The molecule has 10 heteroatoms. The van der Waals surface area contributed by atoms with Crippen LogP contribution in [0.1, 0.15) is 25.6 Å². The fourth-order valence-electron chi connectivity index (χ4n) is 5.83. The van der Waals surface area contributed by atoms with Gasteiger partial charge in [-0.2, -0.15) is 0 Å². The maximum atomic E-state index is 13.7. The van der Waals surface area contributed by atoms with E-state index in [9.17, 15) is 23.9 Å². The molecule has 1 aromatic carbocycles. The maximum absolute atomic E-state index is 13.7. The summed E-state index contributed by atoms with van der Waals surface area (Å²) in [4.78, 5) is 43.9. The van der Waals surface area contributed by atoms with Crippen LogP contribution in [-0.2, 0) is 16.1 Å². The number of morpholine rings is 1. The molecule has 0 saturated carbocycles. The Kier molecular flexibility index (Phi) is 6.57. The van der Waals surface area contributed by atoms with Crippen LogP contribution in [0.25, 0.3) is 11.1 Å². The average molecular weight is 499 g/mol. The summed E-state index contributed by atoms with van der Waals surface area (Å²) in [5.41, 5.74) is 1.41. The number of carbonyl (C=O) groups excluding carboxylic acids is 2. The van der Waals surface area contributed by atoms with E-state index in [2.05, 4.69) is 5.32 Å². The molecule has 3 aliphatic rings. The summed E-state index contributed by atoms with van der Waals surface area (Å²) in [6.07, 6.45) is 0. The van der Waals surface area contributed by atoms with Crippen LogP contribution in [0.15, 0.2) is 41.2 Å². The summed E-state index contributed by atoms with van der Waals surface area (Å²) in [6, 6.07) is 7.29. The van der Waals surface area contributed by atoms with Gasteiger partial charge in [-0.1, -0.05) is 12.1 Å². The molecule has 0 bridgehead atoms. The largest absolute Gasteiger partial charge is 0.396 e. The first kappa shape index (κ1) is 24.5. The van der Waals surface area contributed by atoms with E-state index in [1.54, 1.807) is 38.6 Å². The molecule has 192 valence electrons. The number of halogens is 1. The number of hydrogen-bond donors (Lipinski definition) is 2. The number of aromatic nitrogens is 1. The van der Waals surface area contributed by atoms with Crippen molar-refractivity contribution in [2.24, 2.45) is 11.8 Å². The number of hydrogen-bond acceptors (Lipinski definition) is 5. The number of aliphatic hydroxyl groups excluding tert-OH is 1. The summed E-state index contributed by atoms with van der Waals surface area (Å²) in [6.45, 7) is 5.39. The smallest absolute Gasteiger partial charge is 0.318 e. The van der Waals surface area contributed by atoms with Crippen LogP contribution in [0.5, 0.6) is 0 Å². The molecule has 4 atom stereocenters. The minimum atomic E-state index is -0.845. The summed E-state index contributed by atoms with van der Waals surface area (Å²) in [7, 11) is 0. The van der Waals surface area contributed by atoms with E-state index in [-0.39, 0.29) is 42.4 Å². The predicted octanol–water partition coefficient (Wildman–Crippen LogP) is 1.59. The molecule has 3 amide bonds. The molecule has 2 aromatic rings. The SMILES string of the molecule is CC(C)NC(=O)N1[C@H](C(=O)N2CCOCC2)[C@@H](CO)[C@@H]2Cn3c(ccc(-c4ccc(F)cc4)c3=O)[C@@H]21. The molecule has 2 fully saturated rings. The Morgan fingerprint density at radius 3 is 2.47 bits per heavy atom. The third kappa shape index (κ3) is 4.08. The fourth-order valence-corrected chi connectivity index (χ4v) is 5.83. The van der Waals surface area contributed by atoms with Gasteiger partial charge in [-0.05, 0) is 43.7 Å². The van der Waals surface area contributed by atoms with E-state index in [4.69, 9.17) is 4.74 Å². The Hall–Kier alpha value is -3.24. The summed E-state index contributed by atoms with van der Waals surface area (Å²) < 4.78 is 20.4. The quantitative estimate of drug-likeness (QED) is 0.667. The molecular formula is C26H31FN4O5. The third-order valence-electron chi connectivity index (χ3n) is 7.45. The molecule has 36 heavy (non-hydrogen) atoms. The second-order valence-corrected chi connectivity index (χ2v) is 9.94. The Morgan fingerprint density at radius 2 is 1.83 bits per heavy atom. The Labute approximate surface area is 208 Å². The zero-order chi connectivity index (χ0) is 25.6. The highest BCUT2D eigenvalue weighted by atomic mass is 19.1.